The molecule has 0 spiro atoms. The van der Waals surface area contributed by atoms with E-state index in [1.807, 2.05) is 6.92 Å². The van der Waals surface area contributed by atoms with Gasteiger partial charge in [0.1, 0.15) is 5.71 Å². The number of rotatable bonds is 7. The first-order chi connectivity index (χ1) is 12.4. The van der Waals surface area contributed by atoms with Crippen LogP contribution < -0.4 is 0 Å². The monoisotopic (exact) mass is 354 g/mol. The van der Waals surface area contributed by atoms with Gasteiger partial charge < -0.3 is 4.84 Å². The number of carbonyl (C=O) groups is 2. The fourth-order valence-electron chi connectivity index (χ4n) is 2.21. The molecule has 0 amide bonds. The van der Waals surface area contributed by atoms with Gasteiger partial charge in [-0.15, -0.1) is 0 Å². The molecule has 0 radical (unpaired) electrons. The second-order valence-electron chi connectivity index (χ2n) is 5.60. The number of nitro benzene ring substituents is 1. The van der Waals surface area contributed by atoms with Crippen molar-refractivity contribution >= 4 is 23.2 Å². The smallest absolute Gasteiger partial charge is 0.318 e. The number of nitro groups is 1. The van der Waals surface area contributed by atoms with Gasteiger partial charge >= 0.3 is 5.97 Å². The van der Waals surface area contributed by atoms with Crippen molar-refractivity contribution < 1.29 is 19.3 Å². The van der Waals surface area contributed by atoms with Crippen LogP contribution in [0, 0.1) is 10.1 Å². The van der Waals surface area contributed by atoms with Crippen LogP contribution in [-0.2, 0) is 9.63 Å². The van der Waals surface area contributed by atoms with E-state index in [1.54, 1.807) is 36.4 Å². The van der Waals surface area contributed by atoms with E-state index in [0.717, 1.165) is 11.1 Å². The van der Waals surface area contributed by atoms with Gasteiger partial charge in [0.15, 0.2) is 0 Å². The lowest BCUT2D eigenvalue weighted by Gasteiger charge is -2.04. The Morgan fingerprint density at radius 1 is 1.04 bits per heavy atom. The first kappa shape index (κ1) is 19.0. The molecular weight excluding hydrogens is 336 g/mol. The van der Waals surface area contributed by atoms with E-state index in [0.29, 0.717) is 12.0 Å². The van der Waals surface area contributed by atoms with Crippen LogP contribution in [0.4, 0.5) is 5.69 Å². The van der Waals surface area contributed by atoms with Crippen molar-refractivity contribution in [3.63, 3.8) is 0 Å². The Kier molecular flexibility index (Phi) is 6.32. The van der Waals surface area contributed by atoms with Gasteiger partial charge in [0, 0.05) is 24.1 Å². The summed E-state index contributed by atoms with van der Waals surface area (Å²) in [4.78, 5) is 38.5. The summed E-state index contributed by atoms with van der Waals surface area (Å²) in [5.41, 5.74) is 2.12. The predicted molar refractivity (Wildman–Crippen MR) is 97.0 cm³/mol. The predicted octanol–water partition coefficient (Wildman–Crippen LogP) is 4.16. The fraction of sp³-hybridized carbons (Fsp3) is 0.211. The highest BCUT2D eigenvalue weighted by Crippen LogP contribution is 2.23. The molecule has 2 rings (SSSR count). The summed E-state index contributed by atoms with van der Waals surface area (Å²) in [6.45, 7) is 3.32. The van der Waals surface area contributed by atoms with Crippen LogP contribution >= 0.6 is 0 Å². The molecule has 2 aromatic rings. The number of non-ortho nitro benzene ring substituents is 1. The lowest BCUT2D eigenvalue weighted by molar-refractivity contribution is -0.384. The summed E-state index contributed by atoms with van der Waals surface area (Å²) in [6, 6.07) is 12.9. The Morgan fingerprint density at radius 3 is 2.08 bits per heavy atom. The van der Waals surface area contributed by atoms with Crippen molar-refractivity contribution in [3.05, 3.63) is 64.2 Å². The Bertz CT molecular complexity index is 839. The fourth-order valence-corrected chi connectivity index (χ4v) is 2.21. The number of hydrogen-bond donors (Lipinski definition) is 0. The Hall–Kier alpha value is -3.35. The van der Waals surface area contributed by atoms with Crippen LogP contribution in [0.25, 0.3) is 11.1 Å². The molecule has 0 aliphatic heterocycles. The quantitative estimate of drug-likeness (QED) is 0.244. The topological polar surface area (TPSA) is 98.9 Å². The van der Waals surface area contributed by atoms with Crippen LogP contribution in [-0.4, -0.2) is 22.4 Å². The average Bonchev–Trinajstić information content (AvgIpc) is 2.66. The normalized spacial score (nSPS) is 11.1. The summed E-state index contributed by atoms with van der Waals surface area (Å²) in [6.07, 6.45) is 0.889. The minimum absolute atomic E-state index is 0.0185. The third-order valence-corrected chi connectivity index (χ3v) is 3.63. The van der Waals surface area contributed by atoms with Gasteiger partial charge in [0.2, 0.25) is 5.78 Å². The molecule has 0 saturated carbocycles. The Labute approximate surface area is 150 Å². The molecule has 7 nitrogen and oxygen atoms in total. The van der Waals surface area contributed by atoms with Crippen molar-refractivity contribution in [1.29, 1.82) is 0 Å². The molecule has 0 aliphatic rings. The summed E-state index contributed by atoms with van der Waals surface area (Å²) < 4.78 is 0. The minimum Gasteiger partial charge on any atom is -0.318 e. The van der Waals surface area contributed by atoms with Crippen molar-refractivity contribution in [3.8, 4) is 11.1 Å². The Morgan fingerprint density at radius 2 is 1.58 bits per heavy atom. The van der Waals surface area contributed by atoms with Crippen LogP contribution in [0.15, 0.2) is 53.7 Å². The minimum atomic E-state index is -0.479. The number of hydrogen-bond acceptors (Lipinski definition) is 6. The van der Waals surface area contributed by atoms with Gasteiger partial charge in [-0.25, -0.2) is 4.79 Å². The summed E-state index contributed by atoms with van der Waals surface area (Å²) in [7, 11) is 0. The number of Topliss-reactive ketones (excluding diaryl/α,β-unsaturated/α-hetero) is 1. The van der Waals surface area contributed by atoms with Crippen LogP contribution in [0.1, 0.15) is 37.0 Å². The van der Waals surface area contributed by atoms with Gasteiger partial charge in [-0.1, -0.05) is 36.3 Å². The molecule has 0 unspecified atom stereocenters. The van der Waals surface area contributed by atoms with E-state index in [9.17, 15) is 19.7 Å². The third kappa shape index (κ3) is 4.83. The van der Waals surface area contributed by atoms with E-state index in [1.165, 1.54) is 19.1 Å². The highest BCUT2D eigenvalue weighted by molar-refractivity contribution is 6.45. The molecule has 7 heteroatoms. The molecule has 0 atom stereocenters. The third-order valence-electron chi connectivity index (χ3n) is 3.63. The van der Waals surface area contributed by atoms with Crippen molar-refractivity contribution in [1.82, 2.24) is 0 Å². The molecule has 0 aliphatic carbocycles. The second kappa shape index (κ2) is 8.66. The van der Waals surface area contributed by atoms with Crippen LogP contribution in [0.5, 0.6) is 0 Å². The van der Waals surface area contributed by atoms with Gasteiger partial charge in [-0.3, -0.25) is 14.9 Å². The van der Waals surface area contributed by atoms with Crippen molar-refractivity contribution in [2.45, 2.75) is 26.7 Å². The zero-order chi connectivity index (χ0) is 19.1. The SMILES string of the molecule is CCCC(=O)O/N=C(/C)C(=O)c1ccc(-c2ccc([N+](=O)[O-])cc2)cc1. The summed E-state index contributed by atoms with van der Waals surface area (Å²) in [5.74, 6) is -0.822. The Balaban J connectivity index is 2.10. The van der Waals surface area contributed by atoms with Gasteiger partial charge in [0.05, 0.1) is 4.92 Å². The lowest BCUT2D eigenvalue weighted by atomic mass is 10.0. The molecule has 0 fully saturated rings. The van der Waals surface area contributed by atoms with E-state index in [4.69, 9.17) is 0 Å². The molecule has 0 saturated heterocycles. The molecule has 0 heterocycles. The maximum Gasteiger partial charge on any atom is 0.335 e. The standard InChI is InChI=1S/C19H18N2O5/c1-3-4-18(22)26-20-13(2)19(23)16-7-5-14(6-8-16)15-9-11-17(12-10-15)21(24)25/h5-12H,3-4H2,1-2H3/b20-13-. The molecule has 0 bridgehead atoms. The molecule has 26 heavy (non-hydrogen) atoms. The van der Waals surface area contributed by atoms with E-state index < -0.39 is 10.9 Å². The number of benzene rings is 2. The van der Waals surface area contributed by atoms with Crippen molar-refractivity contribution in [2.75, 3.05) is 0 Å². The molecule has 2 aromatic carbocycles. The van der Waals surface area contributed by atoms with E-state index in [2.05, 4.69) is 9.99 Å². The number of carbonyl (C=O) groups excluding carboxylic acids is 2. The van der Waals surface area contributed by atoms with Crippen LogP contribution in [0.3, 0.4) is 0 Å². The second-order valence-corrected chi connectivity index (χ2v) is 5.60. The molecule has 134 valence electrons. The first-order valence-corrected chi connectivity index (χ1v) is 8.06. The maximum absolute atomic E-state index is 12.3. The zero-order valence-corrected chi connectivity index (χ0v) is 14.5. The van der Waals surface area contributed by atoms with Crippen LogP contribution in [0.2, 0.25) is 0 Å². The lowest BCUT2D eigenvalue weighted by Crippen LogP contribution is -2.12. The summed E-state index contributed by atoms with van der Waals surface area (Å²) >= 11 is 0. The van der Waals surface area contributed by atoms with Crippen molar-refractivity contribution in [2.24, 2.45) is 5.16 Å². The number of oxime groups is 1. The average molecular weight is 354 g/mol. The molecule has 0 N–H and O–H groups in total. The van der Waals surface area contributed by atoms with Gasteiger partial charge in [-0.05, 0) is 36.6 Å². The number of nitrogens with zero attached hydrogens (tertiary/aromatic N) is 2. The number of ketones is 1. The van der Waals surface area contributed by atoms with E-state index >= 15 is 0 Å². The first-order valence-electron chi connectivity index (χ1n) is 8.06. The zero-order valence-electron chi connectivity index (χ0n) is 14.5. The van der Waals surface area contributed by atoms with E-state index in [-0.39, 0.29) is 23.6 Å². The molecular formula is C19H18N2O5. The largest absolute Gasteiger partial charge is 0.335 e. The summed E-state index contributed by atoms with van der Waals surface area (Å²) in [5, 5.41) is 14.3. The van der Waals surface area contributed by atoms with Gasteiger partial charge in [0.25, 0.3) is 5.69 Å². The van der Waals surface area contributed by atoms with Gasteiger partial charge in [-0.2, -0.15) is 0 Å². The molecule has 0 aromatic heterocycles. The highest BCUT2D eigenvalue weighted by atomic mass is 16.7. The maximum atomic E-state index is 12.3. The highest BCUT2D eigenvalue weighted by Gasteiger charge is 2.12.